The lowest BCUT2D eigenvalue weighted by atomic mass is 9.88. The maximum absolute atomic E-state index is 11.2. The van der Waals surface area contributed by atoms with Gasteiger partial charge in [-0.25, -0.2) is 0 Å². The van der Waals surface area contributed by atoms with Crippen LogP contribution in [0.15, 0.2) is 40.5 Å². The van der Waals surface area contributed by atoms with Crippen molar-refractivity contribution in [1.29, 1.82) is 0 Å². The summed E-state index contributed by atoms with van der Waals surface area (Å²) in [5.74, 6) is -0.785. The summed E-state index contributed by atoms with van der Waals surface area (Å²) >= 11 is 3.35. The van der Waals surface area contributed by atoms with E-state index in [-0.39, 0.29) is 42.5 Å². The third-order valence-electron chi connectivity index (χ3n) is 3.36. The highest BCUT2D eigenvalue weighted by atomic mass is 79.9. The largest absolute Gasteiger partial charge is 0.466 e. The van der Waals surface area contributed by atoms with Crippen LogP contribution in [0.4, 0.5) is 0 Å². The molecule has 0 saturated heterocycles. The van der Waals surface area contributed by atoms with Crippen LogP contribution in [0.25, 0.3) is 0 Å². The summed E-state index contributed by atoms with van der Waals surface area (Å²) in [5.41, 5.74) is 1.05. The zero-order valence-electron chi connectivity index (χ0n) is 10.9. The third-order valence-corrected chi connectivity index (χ3v) is 3.89. The van der Waals surface area contributed by atoms with Crippen LogP contribution in [0.1, 0.15) is 32.3 Å². The number of halogens is 1. The van der Waals surface area contributed by atoms with E-state index in [0.717, 1.165) is 10.0 Å². The van der Waals surface area contributed by atoms with Crippen LogP contribution in [0.5, 0.6) is 0 Å². The number of nitrogens with zero attached hydrogens (tertiary/aromatic N) is 1. The lowest BCUT2D eigenvalue weighted by Gasteiger charge is -2.19. The highest BCUT2D eigenvalue weighted by Gasteiger charge is 2.39. The summed E-state index contributed by atoms with van der Waals surface area (Å²) in [6.07, 6.45) is 2.17. The van der Waals surface area contributed by atoms with Gasteiger partial charge in [-0.2, -0.15) is 0 Å². The molecule has 1 aromatic rings. The van der Waals surface area contributed by atoms with Crippen molar-refractivity contribution < 1.29 is 14.5 Å². The Balaban J connectivity index is 0.00000220. The van der Waals surface area contributed by atoms with Crippen LogP contribution in [0.2, 0.25) is 0 Å². The van der Waals surface area contributed by atoms with E-state index in [1.54, 1.807) is 6.08 Å². The molecule has 2 rings (SSSR count). The molecule has 0 bridgehead atoms. The fourth-order valence-corrected chi connectivity index (χ4v) is 2.73. The van der Waals surface area contributed by atoms with Gasteiger partial charge in [-0.15, -0.1) is 0 Å². The average Bonchev–Trinajstić information content (AvgIpc) is 2.81. The molecule has 0 aromatic heterocycles. The molecule has 0 spiro atoms. The minimum Gasteiger partial charge on any atom is -0.466 e. The number of carbonyl (C=O) groups excluding carboxylic acids is 1. The molecule has 0 saturated carbocycles. The van der Waals surface area contributed by atoms with Crippen molar-refractivity contribution in [3.63, 3.8) is 0 Å². The van der Waals surface area contributed by atoms with Crippen LogP contribution in [-0.2, 0) is 9.53 Å². The molecule has 0 fully saturated rings. The number of ether oxygens (including phenoxy) is 1. The number of carbonyl (C=O) groups is 1. The lowest BCUT2D eigenvalue weighted by molar-refractivity contribution is -0.430. The fraction of sp³-hybridized carbons (Fsp3) is 0.400. The summed E-state index contributed by atoms with van der Waals surface area (Å²) in [6.45, 7) is 1.54. The van der Waals surface area contributed by atoms with Crippen LogP contribution in [0.3, 0.4) is 0 Å². The summed E-state index contributed by atoms with van der Waals surface area (Å²) in [7, 11) is 0. The Morgan fingerprint density at radius 3 is 2.57 bits per heavy atom. The van der Waals surface area contributed by atoms with E-state index in [4.69, 9.17) is 4.74 Å². The summed E-state index contributed by atoms with van der Waals surface area (Å²) in [5, 5.41) is 11.2. The average molecular weight is 356 g/mol. The number of nitro groups is 1. The van der Waals surface area contributed by atoms with Crippen LogP contribution >= 0.6 is 15.9 Å². The van der Waals surface area contributed by atoms with E-state index in [2.05, 4.69) is 15.9 Å². The quantitative estimate of drug-likeness (QED) is 0.466. The number of allylic oxidation sites excluding steroid dienone is 2. The zero-order valence-corrected chi connectivity index (χ0v) is 12.5. The highest BCUT2D eigenvalue weighted by molar-refractivity contribution is 9.10. The predicted octanol–water partition coefficient (Wildman–Crippen LogP) is 3.91. The number of benzene rings is 1. The van der Waals surface area contributed by atoms with Crippen molar-refractivity contribution in [2.24, 2.45) is 5.92 Å². The van der Waals surface area contributed by atoms with Crippen molar-refractivity contribution >= 4 is 21.9 Å². The van der Waals surface area contributed by atoms with Crippen LogP contribution in [0, 0.1) is 16.0 Å². The monoisotopic (exact) mass is 355 g/mol. The molecule has 1 aliphatic carbocycles. The zero-order chi connectivity index (χ0) is 14.7. The molecular formula is C15H18BrNO4. The Hall–Kier alpha value is -1.69. The molecule has 21 heavy (non-hydrogen) atoms. The van der Waals surface area contributed by atoms with Gasteiger partial charge in [0.25, 0.3) is 0 Å². The van der Waals surface area contributed by atoms with Gasteiger partial charge in [0.15, 0.2) is 0 Å². The Morgan fingerprint density at radius 1 is 1.43 bits per heavy atom. The first-order valence-electron chi connectivity index (χ1n) is 6.22. The molecule has 6 heteroatoms. The molecule has 114 valence electrons. The van der Waals surface area contributed by atoms with Crippen molar-refractivity contribution in [2.75, 3.05) is 6.61 Å². The number of hydrogen-bond acceptors (Lipinski definition) is 4. The Labute approximate surface area is 132 Å². The third kappa shape index (κ3) is 4.14. The van der Waals surface area contributed by atoms with Crippen molar-refractivity contribution in [2.45, 2.75) is 26.7 Å². The first-order valence-corrected chi connectivity index (χ1v) is 7.01. The predicted molar refractivity (Wildman–Crippen MR) is 83.4 cm³/mol. The van der Waals surface area contributed by atoms with Crippen LogP contribution in [-0.4, -0.2) is 17.5 Å². The van der Waals surface area contributed by atoms with Crippen molar-refractivity contribution in [3.05, 3.63) is 56.2 Å². The number of esters is 1. The van der Waals surface area contributed by atoms with Gasteiger partial charge in [0, 0.05) is 17.3 Å². The van der Waals surface area contributed by atoms with Gasteiger partial charge in [-0.1, -0.05) is 35.5 Å². The van der Waals surface area contributed by atoms with Crippen LogP contribution < -0.4 is 0 Å². The molecule has 5 nitrogen and oxygen atoms in total. The molecule has 0 unspecified atom stereocenters. The Bertz CT molecular complexity index is 553. The number of rotatable bonds is 4. The van der Waals surface area contributed by atoms with Crippen molar-refractivity contribution in [1.82, 2.24) is 0 Å². The lowest BCUT2D eigenvalue weighted by Crippen LogP contribution is -2.19. The standard InChI is InChI=1S/C14H14BrNO4.CH4/c1-9(17)20-8-11-4-7-13(16(18)19)14(11)10-2-5-12(15)6-3-10;/h2-3,5-7,11,14H,4,8H2,1H3;1H4/t11-,14+;/m0./s1. The fourth-order valence-electron chi connectivity index (χ4n) is 2.47. The second-order valence-electron chi connectivity index (χ2n) is 4.71. The van der Waals surface area contributed by atoms with Gasteiger partial charge >= 0.3 is 5.97 Å². The molecule has 0 N–H and O–H groups in total. The molecule has 0 amide bonds. The molecular weight excluding hydrogens is 338 g/mol. The van der Waals surface area contributed by atoms with Gasteiger partial charge in [0.1, 0.15) is 0 Å². The smallest absolute Gasteiger partial charge is 0.302 e. The van der Waals surface area contributed by atoms with E-state index in [1.165, 1.54) is 6.92 Å². The Morgan fingerprint density at radius 2 is 2.05 bits per heavy atom. The first-order chi connectivity index (χ1) is 9.49. The maximum Gasteiger partial charge on any atom is 0.302 e. The molecule has 0 heterocycles. The highest BCUT2D eigenvalue weighted by Crippen LogP contribution is 2.40. The van der Waals surface area contributed by atoms with E-state index in [9.17, 15) is 14.9 Å². The second-order valence-corrected chi connectivity index (χ2v) is 5.63. The topological polar surface area (TPSA) is 69.4 Å². The van der Waals surface area contributed by atoms with E-state index in [1.807, 2.05) is 24.3 Å². The van der Waals surface area contributed by atoms with E-state index in [0.29, 0.717) is 6.42 Å². The Kier molecular flexibility index (Phi) is 6.08. The summed E-state index contributed by atoms with van der Waals surface area (Å²) in [4.78, 5) is 21.7. The minimum absolute atomic E-state index is 0. The SMILES string of the molecule is C.CC(=O)OC[C@@H]1CC=C([N+](=O)[O-])[C@@H]1c1ccc(Br)cc1. The molecule has 1 aliphatic rings. The summed E-state index contributed by atoms with van der Waals surface area (Å²) < 4.78 is 5.94. The van der Waals surface area contributed by atoms with E-state index < -0.39 is 0 Å². The molecule has 1 aromatic carbocycles. The van der Waals surface area contributed by atoms with Gasteiger partial charge in [0.05, 0.1) is 17.4 Å². The first kappa shape index (κ1) is 17.4. The minimum atomic E-state index is -0.367. The normalized spacial score (nSPS) is 20.4. The summed E-state index contributed by atoms with van der Waals surface area (Å²) in [6, 6.07) is 7.43. The van der Waals surface area contributed by atoms with Crippen molar-refractivity contribution in [3.8, 4) is 0 Å². The van der Waals surface area contributed by atoms with Gasteiger partial charge in [-0.3, -0.25) is 14.9 Å². The molecule has 0 aliphatic heterocycles. The number of hydrogen-bond donors (Lipinski definition) is 0. The second kappa shape index (κ2) is 7.36. The van der Waals surface area contributed by atoms with Gasteiger partial charge in [-0.05, 0) is 30.2 Å². The molecule has 0 radical (unpaired) electrons. The van der Waals surface area contributed by atoms with Gasteiger partial charge in [0.2, 0.25) is 5.70 Å². The molecule has 2 atom stereocenters. The van der Waals surface area contributed by atoms with Gasteiger partial charge < -0.3 is 4.74 Å². The van der Waals surface area contributed by atoms with E-state index >= 15 is 0 Å². The maximum atomic E-state index is 11.2.